The summed E-state index contributed by atoms with van der Waals surface area (Å²) in [5.41, 5.74) is 1.25. The van der Waals surface area contributed by atoms with Crippen molar-refractivity contribution in [3.63, 3.8) is 0 Å². The Kier molecular flexibility index (Phi) is 4.34. The van der Waals surface area contributed by atoms with E-state index in [4.69, 9.17) is 11.6 Å². The van der Waals surface area contributed by atoms with Crippen LogP contribution < -0.4 is 0 Å². The lowest BCUT2D eigenvalue weighted by molar-refractivity contribution is 0.276. The third-order valence-corrected chi connectivity index (χ3v) is 4.72. The van der Waals surface area contributed by atoms with Crippen LogP contribution in [-0.4, -0.2) is 33.5 Å². The number of rotatable bonds is 2. The molecule has 0 saturated carbocycles. The van der Waals surface area contributed by atoms with E-state index in [9.17, 15) is 0 Å². The van der Waals surface area contributed by atoms with Crippen LogP contribution in [0.1, 0.15) is 25.8 Å². The van der Waals surface area contributed by atoms with E-state index in [1.165, 1.54) is 24.3 Å². The van der Waals surface area contributed by atoms with Gasteiger partial charge in [-0.3, -0.25) is 4.90 Å². The molecule has 1 aromatic rings. The predicted octanol–water partition coefficient (Wildman–Crippen LogP) is 3.45. The van der Waals surface area contributed by atoms with Gasteiger partial charge in [0.15, 0.2) is 0 Å². The van der Waals surface area contributed by atoms with Gasteiger partial charge in [-0.1, -0.05) is 31.5 Å². The molecule has 1 aliphatic rings. The summed E-state index contributed by atoms with van der Waals surface area (Å²) >= 11 is 7.87. The largest absolute Gasteiger partial charge is 0.298 e. The van der Waals surface area contributed by atoms with Crippen LogP contribution in [0.3, 0.4) is 0 Å². The van der Waals surface area contributed by atoms with Gasteiger partial charge in [0.05, 0.1) is 0 Å². The molecule has 1 fully saturated rings. The topological polar surface area (TPSA) is 16.1 Å². The van der Waals surface area contributed by atoms with Gasteiger partial charge in [-0.05, 0) is 24.6 Å². The maximum Gasteiger partial charge on any atom is 0.129 e. The second-order valence-electron chi connectivity index (χ2n) is 5.12. The summed E-state index contributed by atoms with van der Waals surface area (Å²) in [7, 11) is 0. The number of hydrogen-bond acceptors (Lipinski definition) is 3. The van der Waals surface area contributed by atoms with E-state index in [0.29, 0.717) is 9.90 Å². The molecule has 0 aliphatic carbocycles. The van der Waals surface area contributed by atoms with Gasteiger partial charge in [0.2, 0.25) is 0 Å². The summed E-state index contributed by atoms with van der Waals surface area (Å²) in [5.74, 6) is 1.22. The van der Waals surface area contributed by atoms with E-state index in [1.807, 2.05) is 12.3 Å². The summed E-state index contributed by atoms with van der Waals surface area (Å²) in [6.07, 6.45) is 3.13. The summed E-state index contributed by atoms with van der Waals surface area (Å²) in [5, 5.41) is 0.571. The molecule has 0 radical (unpaired) electrons. The highest BCUT2D eigenvalue weighted by Gasteiger charge is 2.23. The second-order valence-corrected chi connectivity index (χ2v) is 7.31. The molecule has 4 heteroatoms. The third kappa shape index (κ3) is 4.16. The lowest BCUT2D eigenvalue weighted by Gasteiger charge is -2.22. The molecule has 17 heavy (non-hydrogen) atoms. The molecule has 0 aromatic carbocycles. The van der Waals surface area contributed by atoms with Crippen LogP contribution in [0.15, 0.2) is 18.3 Å². The van der Waals surface area contributed by atoms with Crippen LogP contribution in [0.2, 0.25) is 5.15 Å². The summed E-state index contributed by atoms with van der Waals surface area (Å²) in [6.45, 7) is 8.00. The smallest absolute Gasteiger partial charge is 0.129 e. The minimum atomic E-state index is 0.424. The molecule has 94 valence electrons. The molecule has 0 N–H and O–H groups in total. The first-order valence-electron chi connectivity index (χ1n) is 6.02. The van der Waals surface area contributed by atoms with Crippen molar-refractivity contribution in [2.45, 2.75) is 31.6 Å². The standard InChI is InChI=1S/C13H19ClN2S/c1-13(2)5-6-16(7-8-17-13)10-11-3-4-12(14)15-9-11/h3-4,9H,5-8,10H2,1-2H3. The molecular weight excluding hydrogens is 252 g/mol. The van der Waals surface area contributed by atoms with E-state index >= 15 is 0 Å². The quantitative estimate of drug-likeness (QED) is 0.766. The lowest BCUT2D eigenvalue weighted by Crippen LogP contribution is -2.26. The average molecular weight is 271 g/mol. The Morgan fingerprint density at radius 1 is 1.41 bits per heavy atom. The molecular formula is C13H19ClN2S. The molecule has 2 nitrogen and oxygen atoms in total. The summed E-state index contributed by atoms with van der Waals surface area (Å²) < 4.78 is 0.424. The van der Waals surface area contributed by atoms with Gasteiger partial charge in [-0.2, -0.15) is 11.8 Å². The van der Waals surface area contributed by atoms with Gasteiger partial charge >= 0.3 is 0 Å². The number of aromatic nitrogens is 1. The summed E-state index contributed by atoms with van der Waals surface area (Å²) in [4.78, 5) is 6.64. The number of hydrogen-bond donors (Lipinski definition) is 0. The molecule has 0 amide bonds. The van der Waals surface area contributed by atoms with Crippen molar-refractivity contribution in [2.24, 2.45) is 0 Å². The Hall–Kier alpha value is -0.250. The van der Waals surface area contributed by atoms with Crippen LogP contribution in [0, 0.1) is 0 Å². The van der Waals surface area contributed by atoms with Gasteiger partial charge in [-0.25, -0.2) is 4.98 Å². The maximum atomic E-state index is 5.79. The predicted molar refractivity (Wildman–Crippen MR) is 75.7 cm³/mol. The van der Waals surface area contributed by atoms with Crippen LogP contribution in [0.4, 0.5) is 0 Å². The lowest BCUT2D eigenvalue weighted by atomic mass is 10.1. The number of halogens is 1. The Morgan fingerprint density at radius 2 is 2.24 bits per heavy atom. The minimum Gasteiger partial charge on any atom is -0.298 e. The Labute approximate surface area is 113 Å². The van der Waals surface area contributed by atoms with Crippen molar-refractivity contribution >= 4 is 23.4 Å². The zero-order valence-corrected chi connectivity index (χ0v) is 12.0. The third-order valence-electron chi connectivity index (χ3n) is 3.13. The molecule has 0 atom stereocenters. The van der Waals surface area contributed by atoms with E-state index in [1.54, 1.807) is 0 Å². The SMILES string of the molecule is CC1(C)CCN(Cc2ccc(Cl)nc2)CCS1. The minimum absolute atomic E-state index is 0.424. The second kappa shape index (κ2) is 5.59. The van der Waals surface area contributed by atoms with Gasteiger partial charge in [0.25, 0.3) is 0 Å². The zero-order chi connectivity index (χ0) is 12.3. The molecule has 2 rings (SSSR count). The molecule has 2 heterocycles. The Balaban J connectivity index is 1.93. The number of pyridine rings is 1. The number of thioether (sulfide) groups is 1. The van der Waals surface area contributed by atoms with Crippen molar-refractivity contribution in [3.05, 3.63) is 29.0 Å². The van der Waals surface area contributed by atoms with Crippen molar-refractivity contribution < 1.29 is 0 Å². The van der Waals surface area contributed by atoms with Gasteiger partial charge in [0.1, 0.15) is 5.15 Å². The first-order valence-corrected chi connectivity index (χ1v) is 7.38. The van der Waals surface area contributed by atoms with Crippen molar-refractivity contribution in [2.75, 3.05) is 18.8 Å². The molecule has 1 aromatic heterocycles. The Morgan fingerprint density at radius 3 is 2.94 bits per heavy atom. The molecule has 0 bridgehead atoms. The molecule has 1 saturated heterocycles. The maximum absolute atomic E-state index is 5.79. The van der Waals surface area contributed by atoms with Gasteiger partial charge in [-0.15, -0.1) is 0 Å². The van der Waals surface area contributed by atoms with Gasteiger partial charge in [0, 0.05) is 29.8 Å². The van der Waals surface area contributed by atoms with E-state index in [-0.39, 0.29) is 0 Å². The van der Waals surface area contributed by atoms with Crippen molar-refractivity contribution in [1.82, 2.24) is 9.88 Å². The van der Waals surface area contributed by atoms with Crippen LogP contribution >= 0.6 is 23.4 Å². The fourth-order valence-electron chi connectivity index (χ4n) is 1.98. The monoisotopic (exact) mass is 270 g/mol. The zero-order valence-electron chi connectivity index (χ0n) is 10.4. The van der Waals surface area contributed by atoms with E-state index < -0.39 is 0 Å². The van der Waals surface area contributed by atoms with Crippen LogP contribution in [-0.2, 0) is 6.54 Å². The highest BCUT2D eigenvalue weighted by Crippen LogP contribution is 2.30. The summed E-state index contributed by atoms with van der Waals surface area (Å²) in [6, 6.07) is 3.94. The van der Waals surface area contributed by atoms with Crippen LogP contribution in [0.5, 0.6) is 0 Å². The number of nitrogens with zero attached hydrogens (tertiary/aromatic N) is 2. The highest BCUT2D eigenvalue weighted by atomic mass is 35.5. The van der Waals surface area contributed by atoms with E-state index in [2.05, 4.69) is 41.6 Å². The molecule has 0 unspecified atom stereocenters. The van der Waals surface area contributed by atoms with Crippen molar-refractivity contribution in [1.29, 1.82) is 0 Å². The molecule has 1 aliphatic heterocycles. The van der Waals surface area contributed by atoms with E-state index in [0.717, 1.165) is 13.1 Å². The Bertz CT molecular complexity index is 364. The highest BCUT2D eigenvalue weighted by molar-refractivity contribution is 8.00. The normalized spacial score (nSPS) is 21.1. The fourth-order valence-corrected chi connectivity index (χ4v) is 3.23. The fraction of sp³-hybridized carbons (Fsp3) is 0.615. The molecule has 0 spiro atoms. The van der Waals surface area contributed by atoms with Crippen LogP contribution in [0.25, 0.3) is 0 Å². The van der Waals surface area contributed by atoms with Crippen molar-refractivity contribution in [3.8, 4) is 0 Å². The average Bonchev–Trinajstić information content (AvgIpc) is 2.44. The van der Waals surface area contributed by atoms with Gasteiger partial charge < -0.3 is 0 Å². The first-order chi connectivity index (χ1) is 8.05. The first kappa shape index (κ1) is 13.2.